The molecule has 6 heteroatoms. The zero-order chi connectivity index (χ0) is 14.0. The summed E-state index contributed by atoms with van der Waals surface area (Å²) in [6.45, 7) is 7.04. The highest BCUT2D eigenvalue weighted by Crippen LogP contribution is 2.24. The number of carbonyl (C=O) groups excluding carboxylic acids is 1. The Kier molecular flexibility index (Phi) is 4.24. The van der Waals surface area contributed by atoms with Crippen molar-refractivity contribution in [1.82, 2.24) is 4.98 Å². The fraction of sp³-hybridized carbons (Fsp3) is 0.583. The van der Waals surface area contributed by atoms with Crippen LogP contribution in [0, 0.1) is 0 Å². The minimum Gasteiger partial charge on any atom is -0.464 e. The molecule has 1 aromatic heterocycles. The van der Waals surface area contributed by atoms with E-state index in [4.69, 9.17) is 4.65 Å². The Labute approximate surface area is 108 Å². The third kappa shape index (κ3) is 3.37. The molecule has 0 atom stereocenters. The van der Waals surface area contributed by atoms with Gasteiger partial charge in [-0.15, -0.1) is 0 Å². The number of methoxy groups -OCH3 is 1. The molecular weight excluding hydrogens is 233 g/mol. The van der Waals surface area contributed by atoms with Crippen molar-refractivity contribution < 1.29 is 19.3 Å². The second kappa shape index (κ2) is 5.16. The van der Waals surface area contributed by atoms with Crippen molar-refractivity contribution in [3.05, 3.63) is 18.0 Å². The largest absolute Gasteiger partial charge is 0.464 e. The van der Waals surface area contributed by atoms with E-state index in [1.807, 2.05) is 13.8 Å². The van der Waals surface area contributed by atoms with Gasteiger partial charge >= 0.3 is 13.5 Å². The van der Waals surface area contributed by atoms with Crippen LogP contribution in [0.5, 0.6) is 0 Å². The Hall–Kier alpha value is -1.27. The van der Waals surface area contributed by atoms with Gasteiger partial charge in [0.05, 0.1) is 18.3 Å². The predicted molar refractivity (Wildman–Crippen MR) is 70.4 cm³/mol. The van der Waals surface area contributed by atoms with Gasteiger partial charge in [-0.2, -0.15) is 0 Å². The lowest BCUT2D eigenvalue weighted by Crippen LogP contribution is -2.49. The van der Waals surface area contributed by atoms with E-state index in [-0.39, 0.29) is 0 Å². The molecule has 0 aliphatic carbocycles. The normalized spacial score (nSPS) is 12.3. The van der Waals surface area contributed by atoms with E-state index < -0.39 is 17.2 Å². The third-order valence-corrected chi connectivity index (χ3v) is 3.22. The first kappa shape index (κ1) is 14.8. The predicted octanol–water partition coefficient (Wildman–Crippen LogP) is 0.344. The van der Waals surface area contributed by atoms with Crippen LogP contribution in [-0.2, 0) is 9.39 Å². The average Bonchev–Trinajstić information content (AvgIpc) is 2.72. The van der Waals surface area contributed by atoms with Crippen LogP contribution in [0.4, 0.5) is 0 Å². The van der Waals surface area contributed by atoms with Crippen molar-refractivity contribution in [2.75, 3.05) is 7.11 Å². The zero-order valence-corrected chi connectivity index (χ0v) is 11.5. The molecule has 1 rings (SSSR count). The fourth-order valence-electron chi connectivity index (χ4n) is 1.19. The molecule has 18 heavy (non-hydrogen) atoms. The summed E-state index contributed by atoms with van der Waals surface area (Å²) in [4.78, 5) is 14.1. The van der Waals surface area contributed by atoms with Crippen LogP contribution in [0.15, 0.2) is 12.3 Å². The minimum atomic E-state index is -0.950. The Morgan fingerprint density at radius 1 is 1.39 bits per heavy atom. The molecule has 0 aromatic carbocycles. The topological polar surface area (TPSA) is 71.6 Å². The Bertz CT molecular complexity index is 420. The highest BCUT2D eigenvalue weighted by Gasteiger charge is 2.35. The van der Waals surface area contributed by atoms with Crippen molar-refractivity contribution in [2.45, 2.75) is 38.9 Å². The number of aromatic amines is 1. The van der Waals surface area contributed by atoms with Gasteiger partial charge in [-0.05, 0) is 45.4 Å². The van der Waals surface area contributed by atoms with E-state index in [0.29, 0.717) is 13.2 Å². The van der Waals surface area contributed by atoms with Gasteiger partial charge < -0.3 is 19.5 Å². The molecule has 1 heterocycles. The van der Waals surface area contributed by atoms with Crippen LogP contribution >= 0.6 is 0 Å². The summed E-state index contributed by atoms with van der Waals surface area (Å²) in [5.41, 5.74) is -0.422. The van der Waals surface area contributed by atoms with Gasteiger partial charge in [-0.3, -0.25) is 0 Å². The maximum Gasteiger partial charge on any atom is 0.354 e. The van der Waals surface area contributed by atoms with E-state index >= 15 is 0 Å². The summed E-state index contributed by atoms with van der Waals surface area (Å²) in [7, 11) is 1.64. The van der Waals surface area contributed by atoms with Gasteiger partial charge in [0.2, 0.25) is 0 Å². The molecule has 0 unspecified atom stereocenters. The summed E-state index contributed by atoms with van der Waals surface area (Å²) >= 11 is 0. The van der Waals surface area contributed by atoms with Gasteiger partial charge in [0.1, 0.15) is 5.69 Å². The van der Waals surface area contributed by atoms with Crippen molar-refractivity contribution >= 4 is 18.9 Å². The number of aliphatic hydroxyl groups is 1. The highest BCUT2D eigenvalue weighted by molar-refractivity contribution is 6.47. The second-order valence-electron chi connectivity index (χ2n) is 5.27. The molecule has 0 fully saturated rings. The van der Waals surface area contributed by atoms with Crippen LogP contribution in [0.2, 0.25) is 0 Å². The number of rotatable bonds is 5. The summed E-state index contributed by atoms with van der Waals surface area (Å²) in [5, 5.41) is 9.95. The molecule has 100 valence electrons. The summed E-state index contributed by atoms with van der Waals surface area (Å²) in [6, 6.07) is 1.67. The Balaban J connectivity index is 2.65. The molecule has 0 bridgehead atoms. The van der Waals surface area contributed by atoms with E-state index in [9.17, 15) is 9.90 Å². The van der Waals surface area contributed by atoms with Gasteiger partial charge in [0.25, 0.3) is 0 Å². The van der Waals surface area contributed by atoms with Crippen molar-refractivity contribution in [2.24, 2.45) is 0 Å². The van der Waals surface area contributed by atoms with E-state index in [2.05, 4.69) is 9.72 Å². The number of hydrogen-bond donors (Lipinski definition) is 2. The molecule has 0 radical (unpaired) electrons. The smallest absolute Gasteiger partial charge is 0.354 e. The first-order valence-electron chi connectivity index (χ1n) is 5.79. The molecule has 0 aliphatic heterocycles. The highest BCUT2D eigenvalue weighted by atomic mass is 16.5. The zero-order valence-electron chi connectivity index (χ0n) is 11.5. The lowest BCUT2D eigenvalue weighted by molar-refractivity contribution is -0.0893. The fourth-order valence-corrected chi connectivity index (χ4v) is 1.19. The number of aromatic nitrogens is 1. The van der Waals surface area contributed by atoms with Crippen molar-refractivity contribution in [3.63, 3.8) is 0 Å². The third-order valence-electron chi connectivity index (χ3n) is 3.22. The van der Waals surface area contributed by atoms with Crippen molar-refractivity contribution in [3.8, 4) is 0 Å². The molecule has 0 spiro atoms. The maximum atomic E-state index is 11.3. The molecular formula is C12H20BNO4. The molecule has 0 amide bonds. The number of nitrogens with one attached hydrogen (secondary N) is 1. The number of ether oxygens (including phenoxy) is 1. The molecule has 0 saturated heterocycles. The quantitative estimate of drug-likeness (QED) is 0.586. The first-order valence-corrected chi connectivity index (χ1v) is 5.79. The Morgan fingerprint density at radius 2 is 2.00 bits per heavy atom. The van der Waals surface area contributed by atoms with Crippen LogP contribution in [0.3, 0.4) is 0 Å². The maximum absolute atomic E-state index is 11.3. The van der Waals surface area contributed by atoms with E-state index in [1.54, 1.807) is 26.1 Å². The average molecular weight is 253 g/mol. The molecule has 5 nitrogen and oxygen atoms in total. The van der Waals surface area contributed by atoms with Crippen LogP contribution in [0.25, 0.3) is 0 Å². The second-order valence-corrected chi connectivity index (χ2v) is 5.27. The van der Waals surface area contributed by atoms with Gasteiger partial charge in [-0.25, -0.2) is 4.79 Å². The molecule has 0 aliphatic rings. The lowest BCUT2D eigenvalue weighted by atomic mass is 9.84. The van der Waals surface area contributed by atoms with Gasteiger partial charge in [-0.1, -0.05) is 0 Å². The van der Waals surface area contributed by atoms with Crippen molar-refractivity contribution in [1.29, 1.82) is 0 Å². The van der Waals surface area contributed by atoms with Gasteiger partial charge in [0, 0.05) is 0 Å². The number of hydrogen-bond acceptors (Lipinski definition) is 4. The number of H-pyrrole nitrogens is 1. The lowest BCUT2D eigenvalue weighted by Gasteiger charge is -2.37. The minimum absolute atomic E-state index is 0.310. The summed E-state index contributed by atoms with van der Waals surface area (Å²) in [6.07, 6.45) is 1.69. The van der Waals surface area contributed by atoms with E-state index in [0.717, 1.165) is 5.46 Å². The summed E-state index contributed by atoms with van der Waals surface area (Å²) in [5.74, 6) is -0.414. The SMILES string of the molecule is COC(=O)c1cc(BOC(C)(C)C(C)(C)O)c[nH]1. The van der Waals surface area contributed by atoms with Gasteiger partial charge in [0.15, 0.2) is 0 Å². The van der Waals surface area contributed by atoms with Crippen LogP contribution < -0.4 is 5.46 Å². The van der Waals surface area contributed by atoms with Crippen LogP contribution in [-0.4, -0.2) is 41.9 Å². The first-order chi connectivity index (χ1) is 8.17. The molecule has 0 saturated carbocycles. The van der Waals surface area contributed by atoms with E-state index in [1.165, 1.54) is 7.11 Å². The Morgan fingerprint density at radius 3 is 2.50 bits per heavy atom. The molecule has 1 aromatic rings. The number of esters is 1. The van der Waals surface area contributed by atoms with Crippen LogP contribution in [0.1, 0.15) is 38.2 Å². The molecule has 2 N–H and O–H groups in total. The summed E-state index contributed by atoms with van der Waals surface area (Å²) < 4.78 is 10.3. The number of carbonyl (C=O) groups is 1. The monoisotopic (exact) mass is 253 g/mol. The standard InChI is InChI=1S/C12H20BNO4/c1-11(2,16)12(3,4)18-13-8-6-9(14-7-8)10(15)17-5/h6-7,13-14,16H,1-5H3.